The van der Waals surface area contributed by atoms with Gasteiger partial charge in [0.05, 0.1) is 11.6 Å². The third-order valence-electron chi connectivity index (χ3n) is 7.21. The number of nitrogens with two attached hydrogens (primary N) is 1. The summed E-state index contributed by atoms with van der Waals surface area (Å²) in [6.07, 6.45) is 6.73. The van der Waals surface area contributed by atoms with Crippen molar-refractivity contribution in [2.45, 2.75) is 39.2 Å². The number of furan rings is 1. The topological polar surface area (TPSA) is 91.4 Å². The van der Waals surface area contributed by atoms with E-state index in [0.717, 1.165) is 81.6 Å². The summed E-state index contributed by atoms with van der Waals surface area (Å²) in [5, 5.41) is 11.5. The zero-order chi connectivity index (χ0) is 25.1. The highest BCUT2D eigenvalue weighted by Crippen LogP contribution is 2.27. The van der Waals surface area contributed by atoms with Crippen LogP contribution in [0.15, 0.2) is 53.1 Å². The molecule has 1 aliphatic rings. The fraction of sp³-hybridized carbons (Fsp3) is 0.379. The molecule has 0 atom stereocenters. The Hall–Kier alpha value is -3.76. The number of aromatic nitrogens is 1. The number of hydrogen-bond acceptors (Lipinski definition) is 5. The zero-order valence-electron chi connectivity index (χ0n) is 20.9. The highest BCUT2D eigenvalue weighted by molar-refractivity contribution is 5.95. The number of carbonyl (C=O) groups excluding carboxylic acids is 1. The van der Waals surface area contributed by atoms with Gasteiger partial charge in [-0.05, 0) is 80.3 Å². The quantitative estimate of drug-likeness (QED) is 0.342. The summed E-state index contributed by atoms with van der Waals surface area (Å²) in [6, 6.07) is 16.1. The van der Waals surface area contributed by atoms with Crippen molar-refractivity contribution in [1.29, 1.82) is 5.26 Å². The van der Waals surface area contributed by atoms with Gasteiger partial charge in [0.1, 0.15) is 5.58 Å². The van der Waals surface area contributed by atoms with Gasteiger partial charge in [0, 0.05) is 60.9 Å². The van der Waals surface area contributed by atoms with E-state index >= 15 is 0 Å². The Bertz CT molecular complexity index is 1420. The van der Waals surface area contributed by atoms with Gasteiger partial charge in [-0.2, -0.15) is 5.26 Å². The van der Waals surface area contributed by atoms with Crippen molar-refractivity contribution in [3.05, 3.63) is 65.5 Å². The lowest BCUT2D eigenvalue weighted by Crippen LogP contribution is -2.46. The van der Waals surface area contributed by atoms with Gasteiger partial charge in [-0.3, -0.25) is 9.69 Å². The smallest absolute Gasteiger partial charge is 0.284 e. The normalized spacial score (nSPS) is 14.5. The maximum Gasteiger partial charge on any atom is 0.284 e. The molecule has 0 aliphatic carbocycles. The van der Waals surface area contributed by atoms with Crippen LogP contribution < -0.4 is 10.6 Å². The van der Waals surface area contributed by atoms with Crippen LogP contribution in [0.3, 0.4) is 0 Å². The number of benzene rings is 2. The number of anilines is 1. The number of amides is 1. The third-order valence-corrected chi connectivity index (χ3v) is 7.21. The molecular weight excluding hydrogens is 450 g/mol. The van der Waals surface area contributed by atoms with Gasteiger partial charge in [-0.1, -0.05) is 6.92 Å². The lowest BCUT2D eigenvalue weighted by atomic mass is 10.0. The predicted octanol–water partition coefficient (Wildman–Crippen LogP) is 4.91. The van der Waals surface area contributed by atoms with Gasteiger partial charge < -0.3 is 19.6 Å². The number of fused-ring (bicyclic) bond motifs is 2. The fourth-order valence-electron chi connectivity index (χ4n) is 5.29. The maximum atomic E-state index is 11.4. The Morgan fingerprint density at radius 2 is 1.89 bits per heavy atom. The fourth-order valence-corrected chi connectivity index (χ4v) is 5.29. The molecule has 0 unspecified atom stereocenters. The average Bonchev–Trinajstić information content (AvgIpc) is 3.48. The molecule has 7 nitrogen and oxygen atoms in total. The second-order valence-electron chi connectivity index (χ2n) is 9.67. The lowest BCUT2D eigenvalue weighted by Gasteiger charge is -2.36. The molecule has 1 fully saturated rings. The highest BCUT2D eigenvalue weighted by atomic mass is 16.3. The Kier molecular flexibility index (Phi) is 6.97. The van der Waals surface area contributed by atoms with Gasteiger partial charge in [-0.15, -0.1) is 0 Å². The van der Waals surface area contributed by atoms with Crippen molar-refractivity contribution in [2.24, 2.45) is 5.73 Å². The minimum atomic E-state index is -0.542. The molecule has 1 amide bonds. The largest absolute Gasteiger partial charge is 0.451 e. The molecule has 3 heterocycles. The van der Waals surface area contributed by atoms with Crippen molar-refractivity contribution in [3.8, 4) is 6.07 Å². The lowest BCUT2D eigenvalue weighted by molar-refractivity contribution is 0.0976. The van der Waals surface area contributed by atoms with Crippen LogP contribution >= 0.6 is 0 Å². The monoisotopic (exact) mass is 483 g/mol. The van der Waals surface area contributed by atoms with Crippen LogP contribution in [-0.4, -0.2) is 48.1 Å². The summed E-state index contributed by atoms with van der Waals surface area (Å²) in [6.45, 7) is 8.35. The number of aryl methyl sites for hydroxylation is 2. The van der Waals surface area contributed by atoms with Gasteiger partial charge in [0.2, 0.25) is 0 Å². The third kappa shape index (κ3) is 4.95. The molecule has 2 N–H and O–H groups in total. The van der Waals surface area contributed by atoms with Crippen molar-refractivity contribution < 1.29 is 9.21 Å². The number of nitriles is 1. The first-order chi connectivity index (χ1) is 17.6. The number of hydrogen-bond donors (Lipinski definition) is 1. The van der Waals surface area contributed by atoms with E-state index in [1.165, 1.54) is 16.5 Å². The summed E-state index contributed by atoms with van der Waals surface area (Å²) >= 11 is 0. The Morgan fingerprint density at radius 3 is 2.64 bits per heavy atom. The van der Waals surface area contributed by atoms with E-state index in [1.54, 1.807) is 6.07 Å². The molecule has 0 spiro atoms. The summed E-state index contributed by atoms with van der Waals surface area (Å²) in [5.41, 5.74) is 10.5. The van der Waals surface area contributed by atoms with Crippen LogP contribution in [0.5, 0.6) is 0 Å². The summed E-state index contributed by atoms with van der Waals surface area (Å²) in [5.74, 6) is -0.340. The molecular formula is C29H33N5O2. The standard InChI is InChI=1S/C29H33N5O2/c1-2-10-34-20-22(25-16-21(19-30)6-8-26(25)34)5-3-4-11-32-12-14-33(15-13-32)24-7-9-27-23(17-24)18-28(36-27)29(31)35/h6-9,16-18,20H,2-5,10-15H2,1H3,(H2,31,35). The summed E-state index contributed by atoms with van der Waals surface area (Å²) < 4.78 is 7.84. The molecule has 36 heavy (non-hydrogen) atoms. The average molecular weight is 484 g/mol. The first-order valence-corrected chi connectivity index (χ1v) is 12.9. The molecule has 1 saturated heterocycles. The van der Waals surface area contributed by atoms with Gasteiger partial charge >= 0.3 is 0 Å². The van der Waals surface area contributed by atoms with E-state index in [1.807, 2.05) is 18.2 Å². The Morgan fingerprint density at radius 1 is 1.06 bits per heavy atom. The molecule has 2 aromatic heterocycles. The summed E-state index contributed by atoms with van der Waals surface area (Å²) in [7, 11) is 0. The molecule has 4 aromatic rings. The van der Waals surface area contributed by atoms with E-state index < -0.39 is 5.91 Å². The minimum absolute atomic E-state index is 0.201. The molecule has 7 heteroatoms. The number of nitrogens with zero attached hydrogens (tertiary/aromatic N) is 4. The first-order valence-electron chi connectivity index (χ1n) is 12.9. The SMILES string of the molecule is CCCn1cc(CCCCN2CCN(c3ccc4oc(C(N)=O)cc4c3)CC2)c2cc(C#N)ccc21. The minimum Gasteiger partial charge on any atom is -0.451 e. The zero-order valence-corrected chi connectivity index (χ0v) is 20.9. The number of piperazine rings is 1. The van der Waals surface area contributed by atoms with Gasteiger partial charge in [-0.25, -0.2) is 0 Å². The molecule has 0 saturated carbocycles. The second kappa shape index (κ2) is 10.5. The number of carbonyl (C=O) groups is 1. The van der Waals surface area contributed by atoms with Crippen LogP contribution in [0.4, 0.5) is 5.69 Å². The van der Waals surface area contributed by atoms with Crippen molar-refractivity contribution >= 4 is 33.5 Å². The van der Waals surface area contributed by atoms with E-state index in [4.69, 9.17) is 10.2 Å². The van der Waals surface area contributed by atoms with Crippen LogP contribution in [0.2, 0.25) is 0 Å². The molecule has 0 bridgehead atoms. The molecule has 1 aliphatic heterocycles. The van der Waals surface area contributed by atoms with E-state index in [0.29, 0.717) is 5.58 Å². The molecule has 5 rings (SSSR count). The van der Waals surface area contributed by atoms with Gasteiger partial charge in [0.25, 0.3) is 5.91 Å². The van der Waals surface area contributed by atoms with E-state index in [9.17, 15) is 10.1 Å². The molecule has 2 aromatic carbocycles. The Labute approximate surface area is 211 Å². The molecule has 186 valence electrons. The van der Waals surface area contributed by atoms with E-state index in [2.05, 4.69) is 51.8 Å². The Balaban J connectivity index is 1.13. The van der Waals surface area contributed by atoms with Crippen molar-refractivity contribution in [3.63, 3.8) is 0 Å². The van der Waals surface area contributed by atoms with Crippen LogP contribution in [0.25, 0.3) is 21.9 Å². The number of unbranched alkanes of at least 4 members (excludes halogenated alkanes) is 1. The first kappa shape index (κ1) is 24.0. The van der Waals surface area contributed by atoms with Crippen molar-refractivity contribution in [1.82, 2.24) is 9.47 Å². The summed E-state index contributed by atoms with van der Waals surface area (Å²) in [4.78, 5) is 16.3. The number of primary amides is 1. The second-order valence-corrected chi connectivity index (χ2v) is 9.67. The van der Waals surface area contributed by atoms with Gasteiger partial charge in [0.15, 0.2) is 5.76 Å². The highest BCUT2D eigenvalue weighted by Gasteiger charge is 2.18. The molecule has 0 radical (unpaired) electrons. The van der Waals surface area contributed by atoms with Crippen LogP contribution in [0, 0.1) is 11.3 Å². The van der Waals surface area contributed by atoms with E-state index in [-0.39, 0.29) is 5.76 Å². The van der Waals surface area contributed by atoms with Crippen LogP contribution in [-0.2, 0) is 13.0 Å². The van der Waals surface area contributed by atoms with Crippen molar-refractivity contribution in [2.75, 3.05) is 37.6 Å². The predicted molar refractivity (Wildman–Crippen MR) is 143 cm³/mol. The van der Waals surface area contributed by atoms with Crippen LogP contribution in [0.1, 0.15) is 47.9 Å². The maximum absolute atomic E-state index is 11.4. The number of rotatable bonds is 9.